The molecule has 1 aliphatic rings. The average Bonchev–Trinajstić information content (AvgIpc) is 2.79. The van der Waals surface area contributed by atoms with Crippen LogP contribution in [0.5, 0.6) is 0 Å². The van der Waals surface area contributed by atoms with Crippen LogP contribution in [-0.4, -0.2) is 42.2 Å². The van der Waals surface area contributed by atoms with Gasteiger partial charge in [-0.05, 0) is 48.0 Å². The van der Waals surface area contributed by atoms with E-state index in [2.05, 4.69) is 14.9 Å². The summed E-state index contributed by atoms with van der Waals surface area (Å²) in [4.78, 5) is 25.5. The SMILES string of the molecule is O=C(c1cccnc1)N(Cc1ccc(N2CCOCC2)nc1)c1ccc(F)cc1. The second-order valence-corrected chi connectivity index (χ2v) is 6.73. The van der Waals surface area contributed by atoms with Crippen molar-refractivity contribution in [3.05, 3.63) is 84.1 Å². The number of benzene rings is 1. The molecule has 0 radical (unpaired) electrons. The largest absolute Gasteiger partial charge is 0.378 e. The van der Waals surface area contributed by atoms with Crippen LogP contribution in [0.2, 0.25) is 0 Å². The van der Waals surface area contributed by atoms with Crippen molar-refractivity contribution in [3.8, 4) is 0 Å². The number of hydrogen-bond donors (Lipinski definition) is 0. The maximum atomic E-state index is 13.4. The molecule has 0 spiro atoms. The monoisotopic (exact) mass is 392 g/mol. The van der Waals surface area contributed by atoms with Crippen molar-refractivity contribution in [1.29, 1.82) is 0 Å². The zero-order valence-corrected chi connectivity index (χ0v) is 15.9. The fourth-order valence-electron chi connectivity index (χ4n) is 3.22. The molecule has 0 saturated carbocycles. The van der Waals surface area contributed by atoms with Gasteiger partial charge in [-0.15, -0.1) is 0 Å². The highest BCUT2D eigenvalue weighted by Crippen LogP contribution is 2.21. The molecule has 29 heavy (non-hydrogen) atoms. The maximum absolute atomic E-state index is 13.4. The predicted molar refractivity (Wildman–Crippen MR) is 108 cm³/mol. The Morgan fingerprint density at radius 3 is 2.52 bits per heavy atom. The Morgan fingerprint density at radius 1 is 1.07 bits per heavy atom. The van der Waals surface area contributed by atoms with Crippen molar-refractivity contribution in [3.63, 3.8) is 0 Å². The van der Waals surface area contributed by atoms with Gasteiger partial charge < -0.3 is 14.5 Å². The molecule has 1 aliphatic heterocycles. The molecule has 0 atom stereocenters. The number of morpholine rings is 1. The third-order valence-electron chi connectivity index (χ3n) is 4.78. The average molecular weight is 392 g/mol. The molecule has 0 N–H and O–H groups in total. The Hall–Kier alpha value is -3.32. The van der Waals surface area contributed by atoms with E-state index in [1.165, 1.54) is 18.3 Å². The fourth-order valence-corrected chi connectivity index (χ4v) is 3.22. The minimum atomic E-state index is -0.348. The standard InChI is InChI=1S/C22H21FN4O2/c23-19-4-6-20(7-5-19)27(22(28)18-2-1-9-24-15-18)16-17-3-8-21(25-14-17)26-10-12-29-13-11-26/h1-9,14-15H,10-13,16H2. The van der Waals surface area contributed by atoms with Gasteiger partial charge in [-0.3, -0.25) is 9.78 Å². The number of halogens is 1. The fraction of sp³-hybridized carbons (Fsp3) is 0.227. The lowest BCUT2D eigenvalue weighted by molar-refractivity contribution is 0.0984. The van der Waals surface area contributed by atoms with Crippen LogP contribution in [0.4, 0.5) is 15.9 Å². The minimum absolute atomic E-state index is 0.207. The van der Waals surface area contributed by atoms with E-state index in [4.69, 9.17) is 4.74 Å². The van der Waals surface area contributed by atoms with Crippen LogP contribution in [0.25, 0.3) is 0 Å². The van der Waals surface area contributed by atoms with Crippen LogP contribution >= 0.6 is 0 Å². The topological polar surface area (TPSA) is 58.6 Å². The summed E-state index contributed by atoms with van der Waals surface area (Å²) in [5.74, 6) is 0.338. The zero-order chi connectivity index (χ0) is 20.1. The molecule has 1 amide bonds. The van der Waals surface area contributed by atoms with Crippen molar-refractivity contribution < 1.29 is 13.9 Å². The first kappa shape index (κ1) is 19.0. The lowest BCUT2D eigenvalue weighted by Crippen LogP contribution is -2.36. The van der Waals surface area contributed by atoms with E-state index in [-0.39, 0.29) is 11.7 Å². The number of hydrogen-bond acceptors (Lipinski definition) is 5. The lowest BCUT2D eigenvalue weighted by atomic mass is 10.1. The minimum Gasteiger partial charge on any atom is -0.378 e. The van der Waals surface area contributed by atoms with Crippen LogP contribution in [0.3, 0.4) is 0 Å². The number of pyridine rings is 2. The van der Waals surface area contributed by atoms with Crippen molar-refractivity contribution in [2.45, 2.75) is 6.54 Å². The molecule has 148 valence electrons. The van der Waals surface area contributed by atoms with Crippen molar-refractivity contribution in [1.82, 2.24) is 9.97 Å². The number of amides is 1. The van der Waals surface area contributed by atoms with Crippen molar-refractivity contribution in [2.75, 3.05) is 36.1 Å². The van der Waals surface area contributed by atoms with Crippen LogP contribution in [0.15, 0.2) is 67.1 Å². The van der Waals surface area contributed by atoms with Gasteiger partial charge in [0.1, 0.15) is 11.6 Å². The van der Waals surface area contributed by atoms with Crippen LogP contribution < -0.4 is 9.80 Å². The summed E-state index contributed by atoms with van der Waals surface area (Å²) in [5.41, 5.74) is 1.95. The zero-order valence-electron chi connectivity index (χ0n) is 15.9. The summed E-state index contributed by atoms with van der Waals surface area (Å²) in [6.07, 6.45) is 4.92. The Kier molecular flexibility index (Phi) is 5.76. The van der Waals surface area contributed by atoms with E-state index in [1.807, 2.05) is 12.1 Å². The normalized spacial score (nSPS) is 13.9. The third-order valence-corrected chi connectivity index (χ3v) is 4.78. The van der Waals surface area contributed by atoms with Gasteiger partial charge in [0, 0.05) is 37.4 Å². The Balaban J connectivity index is 1.58. The molecule has 0 unspecified atom stereocenters. The molecule has 1 saturated heterocycles. The highest BCUT2D eigenvalue weighted by Gasteiger charge is 2.19. The summed E-state index contributed by atoms with van der Waals surface area (Å²) in [6, 6.07) is 13.2. The second-order valence-electron chi connectivity index (χ2n) is 6.73. The van der Waals surface area contributed by atoms with Gasteiger partial charge in [-0.1, -0.05) is 6.07 Å². The van der Waals surface area contributed by atoms with E-state index in [0.717, 1.165) is 24.5 Å². The quantitative estimate of drug-likeness (QED) is 0.667. The molecule has 3 aromatic rings. The number of carbonyl (C=O) groups excluding carboxylic acids is 1. The molecule has 7 heteroatoms. The van der Waals surface area contributed by atoms with Gasteiger partial charge in [0.05, 0.1) is 25.3 Å². The summed E-state index contributed by atoms with van der Waals surface area (Å²) in [6.45, 7) is 3.33. The number of ether oxygens (including phenoxy) is 1. The summed E-state index contributed by atoms with van der Waals surface area (Å²) in [7, 11) is 0. The van der Waals surface area contributed by atoms with Gasteiger partial charge in [0.15, 0.2) is 0 Å². The Labute approximate surface area is 168 Å². The Bertz CT molecular complexity index is 943. The van der Waals surface area contributed by atoms with Crippen molar-refractivity contribution in [2.24, 2.45) is 0 Å². The molecular weight excluding hydrogens is 371 g/mol. The molecule has 4 rings (SSSR count). The molecular formula is C22H21FN4O2. The lowest BCUT2D eigenvalue weighted by Gasteiger charge is -2.28. The number of anilines is 2. The maximum Gasteiger partial charge on any atom is 0.260 e. The highest BCUT2D eigenvalue weighted by atomic mass is 19.1. The summed E-state index contributed by atoms with van der Waals surface area (Å²) in [5, 5.41) is 0. The number of carbonyl (C=O) groups is 1. The molecule has 1 fully saturated rings. The molecule has 0 aliphatic carbocycles. The van der Waals surface area contributed by atoms with Gasteiger partial charge in [0.25, 0.3) is 5.91 Å². The summed E-state index contributed by atoms with van der Waals surface area (Å²) < 4.78 is 18.8. The Morgan fingerprint density at radius 2 is 1.86 bits per heavy atom. The van der Waals surface area contributed by atoms with Crippen LogP contribution in [0, 0.1) is 5.82 Å². The second kappa shape index (κ2) is 8.79. The predicted octanol–water partition coefficient (Wildman–Crippen LogP) is 3.30. The van der Waals surface area contributed by atoms with E-state index >= 15 is 0 Å². The molecule has 6 nitrogen and oxygen atoms in total. The van der Waals surface area contributed by atoms with E-state index in [0.29, 0.717) is 31.0 Å². The van der Waals surface area contributed by atoms with Gasteiger partial charge in [0.2, 0.25) is 0 Å². The van der Waals surface area contributed by atoms with E-state index < -0.39 is 0 Å². The molecule has 0 bridgehead atoms. The number of nitrogens with zero attached hydrogens (tertiary/aromatic N) is 4. The first-order valence-electron chi connectivity index (χ1n) is 9.46. The highest BCUT2D eigenvalue weighted by molar-refractivity contribution is 6.05. The van der Waals surface area contributed by atoms with Gasteiger partial charge >= 0.3 is 0 Å². The third kappa shape index (κ3) is 4.57. The summed E-state index contributed by atoms with van der Waals surface area (Å²) >= 11 is 0. The van der Waals surface area contributed by atoms with Crippen LogP contribution in [0.1, 0.15) is 15.9 Å². The van der Waals surface area contributed by atoms with Crippen molar-refractivity contribution >= 4 is 17.4 Å². The van der Waals surface area contributed by atoms with E-state index in [9.17, 15) is 9.18 Å². The smallest absolute Gasteiger partial charge is 0.260 e. The van der Waals surface area contributed by atoms with Crippen LogP contribution in [-0.2, 0) is 11.3 Å². The molecule has 3 heterocycles. The van der Waals surface area contributed by atoms with Gasteiger partial charge in [-0.25, -0.2) is 9.37 Å². The van der Waals surface area contributed by atoms with Gasteiger partial charge in [-0.2, -0.15) is 0 Å². The molecule has 1 aromatic carbocycles. The molecule has 2 aromatic heterocycles. The number of rotatable bonds is 5. The van der Waals surface area contributed by atoms with E-state index in [1.54, 1.807) is 41.6 Å². The first-order chi connectivity index (χ1) is 14.2. The first-order valence-corrected chi connectivity index (χ1v) is 9.46. The number of aromatic nitrogens is 2.